The summed E-state index contributed by atoms with van der Waals surface area (Å²) < 4.78 is 4.98. The summed E-state index contributed by atoms with van der Waals surface area (Å²) in [6.45, 7) is 1.71. The minimum absolute atomic E-state index is 0.271. The van der Waals surface area contributed by atoms with E-state index in [-0.39, 0.29) is 5.97 Å². The van der Waals surface area contributed by atoms with Crippen molar-refractivity contribution in [3.63, 3.8) is 0 Å². The van der Waals surface area contributed by atoms with Crippen LogP contribution in [0.3, 0.4) is 0 Å². The zero-order valence-corrected chi connectivity index (χ0v) is 13.5. The Morgan fingerprint density at radius 2 is 2.00 bits per heavy atom. The van der Waals surface area contributed by atoms with Gasteiger partial charge in [0.05, 0.1) is 10.7 Å². The van der Waals surface area contributed by atoms with Gasteiger partial charge in [0.25, 0.3) is 0 Å². The standard InChI is InChI=1S/C18H16N2O2S/c1-13(21)22-11-14-5-7-15(8-6-14)17-12-23-18(20-17)10-16-4-2-3-9-19-16/h2-9,12H,10-11H2,1H3. The summed E-state index contributed by atoms with van der Waals surface area (Å²) in [7, 11) is 0. The van der Waals surface area contributed by atoms with E-state index in [0.29, 0.717) is 6.61 Å². The van der Waals surface area contributed by atoms with E-state index < -0.39 is 0 Å². The topological polar surface area (TPSA) is 52.1 Å². The maximum atomic E-state index is 10.8. The average Bonchev–Trinajstić information content (AvgIpc) is 3.03. The Hall–Kier alpha value is -2.53. The molecule has 0 atom stereocenters. The number of rotatable bonds is 5. The first-order valence-corrected chi connectivity index (χ1v) is 8.15. The lowest BCUT2D eigenvalue weighted by molar-refractivity contribution is -0.142. The fourth-order valence-electron chi connectivity index (χ4n) is 2.14. The molecule has 4 nitrogen and oxygen atoms in total. The van der Waals surface area contributed by atoms with Gasteiger partial charge in [-0.3, -0.25) is 9.78 Å². The number of thiazole rings is 1. The van der Waals surface area contributed by atoms with Gasteiger partial charge in [0, 0.05) is 36.2 Å². The lowest BCUT2D eigenvalue weighted by Crippen LogP contribution is -1.98. The van der Waals surface area contributed by atoms with E-state index in [0.717, 1.165) is 33.9 Å². The van der Waals surface area contributed by atoms with Crippen LogP contribution in [0.15, 0.2) is 54.0 Å². The Morgan fingerprint density at radius 3 is 2.70 bits per heavy atom. The minimum atomic E-state index is -0.271. The summed E-state index contributed by atoms with van der Waals surface area (Å²) in [5.41, 5.74) is 4.00. The highest BCUT2D eigenvalue weighted by Crippen LogP contribution is 2.23. The van der Waals surface area contributed by atoms with Crippen LogP contribution in [0, 0.1) is 0 Å². The summed E-state index contributed by atoms with van der Waals surface area (Å²) in [5.74, 6) is -0.271. The first-order valence-electron chi connectivity index (χ1n) is 7.28. The van der Waals surface area contributed by atoms with Crippen LogP contribution in [0.2, 0.25) is 0 Å². The average molecular weight is 324 g/mol. The van der Waals surface area contributed by atoms with Crippen LogP contribution in [-0.2, 0) is 22.6 Å². The molecule has 0 amide bonds. The smallest absolute Gasteiger partial charge is 0.302 e. The molecule has 0 N–H and O–H groups in total. The van der Waals surface area contributed by atoms with Crippen molar-refractivity contribution >= 4 is 17.3 Å². The Bertz CT molecular complexity index is 782. The molecule has 3 aromatic rings. The predicted octanol–water partition coefficient (Wildman–Crippen LogP) is 3.86. The summed E-state index contributed by atoms with van der Waals surface area (Å²) >= 11 is 1.64. The van der Waals surface area contributed by atoms with Gasteiger partial charge in [-0.25, -0.2) is 4.98 Å². The van der Waals surface area contributed by atoms with Crippen LogP contribution in [-0.4, -0.2) is 15.9 Å². The maximum absolute atomic E-state index is 10.8. The van der Waals surface area contributed by atoms with Crippen LogP contribution in [0.4, 0.5) is 0 Å². The number of carbonyl (C=O) groups excluding carboxylic acids is 1. The highest BCUT2D eigenvalue weighted by molar-refractivity contribution is 7.10. The van der Waals surface area contributed by atoms with Gasteiger partial charge in [-0.15, -0.1) is 11.3 Å². The van der Waals surface area contributed by atoms with Crippen LogP contribution >= 0.6 is 11.3 Å². The molecule has 2 aromatic heterocycles. The SMILES string of the molecule is CC(=O)OCc1ccc(-c2csc(Cc3ccccn3)n2)cc1. The maximum Gasteiger partial charge on any atom is 0.302 e. The minimum Gasteiger partial charge on any atom is -0.461 e. The van der Waals surface area contributed by atoms with Gasteiger partial charge in [-0.2, -0.15) is 0 Å². The second-order valence-electron chi connectivity index (χ2n) is 5.10. The molecule has 0 radical (unpaired) electrons. The van der Waals surface area contributed by atoms with Crippen molar-refractivity contribution in [3.05, 3.63) is 70.3 Å². The van der Waals surface area contributed by atoms with E-state index in [1.165, 1.54) is 6.92 Å². The molecule has 23 heavy (non-hydrogen) atoms. The first-order chi connectivity index (χ1) is 11.2. The zero-order valence-electron chi connectivity index (χ0n) is 12.7. The molecule has 0 saturated carbocycles. The van der Waals surface area contributed by atoms with E-state index >= 15 is 0 Å². The molecule has 1 aromatic carbocycles. The van der Waals surface area contributed by atoms with E-state index in [1.807, 2.05) is 42.5 Å². The molecule has 3 rings (SSSR count). The molecule has 0 aliphatic rings. The van der Waals surface area contributed by atoms with Gasteiger partial charge < -0.3 is 4.74 Å². The summed E-state index contributed by atoms with van der Waals surface area (Å²) in [6, 6.07) is 13.8. The molecule has 0 saturated heterocycles. The number of ether oxygens (including phenoxy) is 1. The number of benzene rings is 1. The van der Waals surface area contributed by atoms with Crippen LogP contribution in [0.5, 0.6) is 0 Å². The van der Waals surface area contributed by atoms with Crippen molar-refractivity contribution in [1.29, 1.82) is 0 Å². The van der Waals surface area contributed by atoms with Crippen LogP contribution in [0.1, 0.15) is 23.2 Å². The highest BCUT2D eigenvalue weighted by Gasteiger charge is 2.06. The Morgan fingerprint density at radius 1 is 1.17 bits per heavy atom. The molecule has 0 fully saturated rings. The normalized spacial score (nSPS) is 10.5. The molecule has 0 unspecified atom stereocenters. The molecule has 0 aliphatic carbocycles. The van der Waals surface area contributed by atoms with E-state index in [1.54, 1.807) is 17.5 Å². The van der Waals surface area contributed by atoms with Crippen molar-refractivity contribution in [2.75, 3.05) is 0 Å². The highest BCUT2D eigenvalue weighted by atomic mass is 32.1. The number of carbonyl (C=O) groups is 1. The molecular weight excluding hydrogens is 308 g/mol. The second kappa shape index (κ2) is 7.15. The fraction of sp³-hybridized carbons (Fsp3) is 0.167. The lowest BCUT2D eigenvalue weighted by Gasteiger charge is -2.03. The number of esters is 1. The Kier molecular flexibility index (Phi) is 4.78. The van der Waals surface area contributed by atoms with E-state index in [9.17, 15) is 4.79 Å². The van der Waals surface area contributed by atoms with Crippen molar-refractivity contribution in [3.8, 4) is 11.3 Å². The van der Waals surface area contributed by atoms with Crippen molar-refractivity contribution in [1.82, 2.24) is 9.97 Å². The monoisotopic (exact) mass is 324 g/mol. The summed E-state index contributed by atoms with van der Waals surface area (Å²) in [4.78, 5) is 19.8. The Labute approximate surface area is 138 Å². The van der Waals surface area contributed by atoms with Crippen LogP contribution in [0.25, 0.3) is 11.3 Å². The predicted molar refractivity (Wildman–Crippen MR) is 90.1 cm³/mol. The van der Waals surface area contributed by atoms with Crippen molar-refractivity contribution < 1.29 is 9.53 Å². The Balaban J connectivity index is 1.69. The molecule has 5 heteroatoms. The van der Waals surface area contributed by atoms with Crippen molar-refractivity contribution in [2.24, 2.45) is 0 Å². The zero-order chi connectivity index (χ0) is 16.1. The van der Waals surface area contributed by atoms with Gasteiger partial charge >= 0.3 is 5.97 Å². The third-order valence-electron chi connectivity index (χ3n) is 3.30. The lowest BCUT2D eigenvalue weighted by atomic mass is 10.1. The third-order valence-corrected chi connectivity index (χ3v) is 4.15. The molecule has 116 valence electrons. The molecule has 0 bridgehead atoms. The summed E-state index contributed by atoms with van der Waals surface area (Å²) in [6.07, 6.45) is 2.54. The number of hydrogen-bond donors (Lipinski definition) is 0. The van der Waals surface area contributed by atoms with E-state index in [2.05, 4.69) is 15.3 Å². The number of nitrogens with zero attached hydrogens (tertiary/aromatic N) is 2. The molecule has 2 heterocycles. The third kappa shape index (κ3) is 4.23. The number of pyridine rings is 1. The molecular formula is C18H16N2O2S. The number of hydrogen-bond acceptors (Lipinski definition) is 5. The largest absolute Gasteiger partial charge is 0.461 e. The van der Waals surface area contributed by atoms with Gasteiger partial charge in [-0.05, 0) is 17.7 Å². The summed E-state index contributed by atoms with van der Waals surface area (Å²) in [5, 5.41) is 3.10. The van der Waals surface area contributed by atoms with Gasteiger partial charge in [0.2, 0.25) is 0 Å². The second-order valence-corrected chi connectivity index (χ2v) is 6.04. The molecule has 0 spiro atoms. The van der Waals surface area contributed by atoms with Gasteiger partial charge in [0.1, 0.15) is 6.61 Å². The van der Waals surface area contributed by atoms with Gasteiger partial charge in [0.15, 0.2) is 0 Å². The quantitative estimate of drug-likeness (QED) is 0.669. The van der Waals surface area contributed by atoms with Crippen molar-refractivity contribution in [2.45, 2.75) is 20.0 Å². The molecule has 0 aliphatic heterocycles. The fourth-order valence-corrected chi connectivity index (χ4v) is 2.96. The number of aromatic nitrogens is 2. The first kappa shape index (κ1) is 15.4. The van der Waals surface area contributed by atoms with E-state index in [4.69, 9.17) is 4.74 Å². The van der Waals surface area contributed by atoms with Crippen LogP contribution < -0.4 is 0 Å². The van der Waals surface area contributed by atoms with Gasteiger partial charge in [-0.1, -0.05) is 30.3 Å².